The molecule has 0 radical (unpaired) electrons. The Morgan fingerprint density at radius 3 is 2.82 bits per heavy atom. The number of methoxy groups -OCH3 is 2. The van der Waals surface area contributed by atoms with Gasteiger partial charge in [0.15, 0.2) is 0 Å². The molecule has 3 heterocycles. The molecule has 2 amide bonds. The van der Waals surface area contributed by atoms with Crippen LogP contribution in [0.15, 0.2) is 60.9 Å². The Kier molecular flexibility index (Phi) is 5.48. The lowest BCUT2D eigenvalue weighted by molar-refractivity contribution is 0.262. The van der Waals surface area contributed by atoms with Crippen LogP contribution in [-0.2, 0) is 13.0 Å². The molecule has 168 valence electrons. The van der Waals surface area contributed by atoms with Crippen molar-refractivity contribution in [2.45, 2.75) is 13.0 Å². The summed E-state index contributed by atoms with van der Waals surface area (Å²) in [5.74, 6) is 1.19. The molecule has 0 fully saturated rings. The molecule has 8 nitrogen and oxygen atoms in total. The van der Waals surface area contributed by atoms with Crippen LogP contribution >= 0.6 is 0 Å². The molecule has 0 bridgehead atoms. The third-order valence-corrected chi connectivity index (χ3v) is 5.92. The van der Waals surface area contributed by atoms with Crippen LogP contribution in [0.4, 0.5) is 21.9 Å². The first-order valence-corrected chi connectivity index (χ1v) is 10.7. The van der Waals surface area contributed by atoms with Crippen LogP contribution in [0.2, 0.25) is 0 Å². The second-order valence-corrected chi connectivity index (χ2v) is 7.83. The van der Waals surface area contributed by atoms with Gasteiger partial charge in [-0.25, -0.2) is 9.78 Å². The third-order valence-electron chi connectivity index (χ3n) is 5.92. The second kappa shape index (κ2) is 8.74. The van der Waals surface area contributed by atoms with Crippen LogP contribution in [0.25, 0.3) is 11.0 Å². The highest BCUT2D eigenvalue weighted by molar-refractivity contribution is 6.02. The lowest BCUT2D eigenvalue weighted by Crippen LogP contribution is -2.20. The summed E-state index contributed by atoms with van der Waals surface area (Å²) in [5.41, 5.74) is 5.69. The monoisotopic (exact) mass is 443 g/mol. The number of hydrogen-bond donors (Lipinski definition) is 3. The number of urea groups is 1. The van der Waals surface area contributed by atoms with Crippen molar-refractivity contribution in [3.8, 4) is 11.5 Å². The number of nitrogens with one attached hydrogen (secondary N) is 3. The van der Waals surface area contributed by atoms with E-state index in [0.717, 1.165) is 47.5 Å². The van der Waals surface area contributed by atoms with E-state index in [4.69, 9.17) is 9.47 Å². The van der Waals surface area contributed by atoms with Gasteiger partial charge in [0, 0.05) is 53.9 Å². The molecule has 0 unspecified atom stereocenters. The number of H-pyrrole nitrogens is 1. The lowest BCUT2D eigenvalue weighted by atomic mass is 10.1. The van der Waals surface area contributed by atoms with Gasteiger partial charge in [-0.2, -0.15) is 0 Å². The van der Waals surface area contributed by atoms with Crippen LogP contribution in [0, 0.1) is 0 Å². The Balaban J connectivity index is 1.33. The molecule has 2 aromatic heterocycles. The van der Waals surface area contributed by atoms with Gasteiger partial charge in [0.05, 0.1) is 19.9 Å². The van der Waals surface area contributed by atoms with Gasteiger partial charge in [-0.3, -0.25) is 0 Å². The average molecular weight is 444 g/mol. The van der Waals surface area contributed by atoms with Gasteiger partial charge in [-0.1, -0.05) is 6.07 Å². The molecule has 1 aliphatic rings. The van der Waals surface area contributed by atoms with Crippen LogP contribution in [0.1, 0.15) is 11.1 Å². The first kappa shape index (κ1) is 20.7. The fourth-order valence-corrected chi connectivity index (χ4v) is 4.32. The Morgan fingerprint density at radius 1 is 1.09 bits per heavy atom. The number of fused-ring (bicyclic) bond motifs is 2. The summed E-state index contributed by atoms with van der Waals surface area (Å²) in [6, 6.07) is 15.0. The maximum absolute atomic E-state index is 12.8. The van der Waals surface area contributed by atoms with E-state index in [2.05, 4.69) is 37.6 Å². The lowest BCUT2D eigenvalue weighted by Gasteiger charge is -2.20. The van der Waals surface area contributed by atoms with Crippen molar-refractivity contribution in [3.63, 3.8) is 0 Å². The number of aromatic amines is 1. The summed E-state index contributed by atoms with van der Waals surface area (Å²) in [4.78, 5) is 22.7. The molecule has 5 rings (SSSR count). The summed E-state index contributed by atoms with van der Waals surface area (Å²) in [6.45, 7) is 1.65. The van der Waals surface area contributed by atoms with Crippen LogP contribution in [0.5, 0.6) is 11.5 Å². The zero-order chi connectivity index (χ0) is 22.8. The SMILES string of the molecule is COc1ccc(OC)c(NC(=O)Nc2cccc3c2CCN3Cc2c[nH]c3ncccc23)c1. The average Bonchev–Trinajstić information content (AvgIpc) is 3.44. The molecule has 2 aromatic carbocycles. The van der Waals surface area contributed by atoms with Crippen molar-refractivity contribution in [1.29, 1.82) is 0 Å². The molecule has 1 aliphatic heterocycles. The number of hydrogen-bond acceptors (Lipinski definition) is 5. The van der Waals surface area contributed by atoms with Crippen LogP contribution < -0.4 is 25.0 Å². The Bertz CT molecular complexity index is 1320. The largest absolute Gasteiger partial charge is 0.497 e. The van der Waals surface area contributed by atoms with Gasteiger partial charge >= 0.3 is 6.03 Å². The molecule has 33 heavy (non-hydrogen) atoms. The van der Waals surface area contributed by atoms with Gasteiger partial charge in [0.25, 0.3) is 0 Å². The van der Waals surface area contributed by atoms with Crippen molar-refractivity contribution in [1.82, 2.24) is 9.97 Å². The zero-order valence-corrected chi connectivity index (χ0v) is 18.5. The van der Waals surface area contributed by atoms with Crippen molar-refractivity contribution in [3.05, 3.63) is 72.1 Å². The highest BCUT2D eigenvalue weighted by atomic mass is 16.5. The number of ether oxygens (including phenoxy) is 2. The third kappa shape index (κ3) is 4.03. The van der Waals surface area contributed by atoms with E-state index in [1.807, 2.05) is 24.4 Å². The summed E-state index contributed by atoms with van der Waals surface area (Å²) in [5, 5.41) is 6.99. The topological polar surface area (TPSA) is 91.5 Å². The summed E-state index contributed by atoms with van der Waals surface area (Å²) < 4.78 is 10.6. The highest BCUT2D eigenvalue weighted by Crippen LogP contribution is 2.36. The van der Waals surface area contributed by atoms with E-state index < -0.39 is 0 Å². The molecule has 3 N–H and O–H groups in total. The fraction of sp³-hybridized carbons (Fsp3) is 0.200. The summed E-state index contributed by atoms with van der Waals surface area (Å²) in [6.07, 6.45) is 4.67. The molecule has 0 saturated heterocycles. The number of rotatable bonds is 6. The number of aromatic nitrogens is 2. The van der Waals surface area contributed by atoms with E-state index in [-0.39, 0.29) is 6.03 Å². The van der Waals surface area contributed by atoms with Gasteiger partial charge in [0.1, 0.15) is 17.1 Å². The second-order valence-electron chi connectivity index (χ2n) is 7.83. The first-order valence-electron chi connectivity index (χ1n) is 10.7. The number of amides is 2. The van der Waals surface area contributed by atoms with E-state index in [1.165, 1.54) is 5.56 Å². The summed E-state index contributed by atoms with van der Waals surface area (Å²) in [7, 11) is 3.14. The van der Waals surface area contributed by atoms with Crippen molar-refractivity contribution >= 4 is 34.1 Å². The summed E-state index contributed by atoms with van der Waals surface area (Å²) >= 11 is 0. The minimum atomic E-state index is -0.337. The molecular weight excluding hydrogens is 418 g/mol. The molecule has 8 heteroatoms. The maximum Gasteiger partial charge on any atom is 0.323 e. The molecule has 0 spiro atoms. The number of nitrogens with zero attached hydrogens (tertiary/aromatic N) is 2. The molecule has 0 saturated carbocycles. The Hall–Kier alpha value is -4.20. The number of carbonyl (C=O) groups is 1. The van der Waals surface area contributed by atoms with Gasteiger partial charge in [-0.05, 0) is 48.4 Å². The van der Waals surface area contributed by atoms with Crippen molar-refractivity contribution in [2.24, 2.45) is 0 Å². The standard InChI is InChI=1S/C25H25N5O3/c1-32-17-8-9-23(33-2)21(13-17)29-25(31)28-20-6-3-7-22-19(20)10-12-30(22)15-16-14-27-24-18(16)5-4-11-26-24/h3-9,11,13-14H,10,12,15H2,1-2H3,(H,26,27)(H2,28,29,31). The Labute approximate surface area is 191 Å². The van der Waals surface area contributed by atoms with Crippen LogP contribution in [-0.4, -0.2) is 36.8 Å². The van der Waals surface area contributed by atoms with E-state index in [1.54, 1.807) is 38.6 Å². The number of benzene rings is 2. The predicted molar refractivity (Wildman–Crippen MR) is 129 cm³/mol. The van der Waals surface area contributed by atoms with E-state index in [0.29, 0.717) is 17.2 Å². The van der Waals surface area contributed by atoms with Gasteiger partial charge < -0.3 is 30.0 Å². The molecule has 0 atom stereocenters. The quantitative estimate of drug-likeness (QED) is 0.399. The number of carbonyl (C=O) groups excluding carboxylic acids is 1. The predicted octanol–water partition coefficient (Wildman–Crippen LogP) is 4.79. The van der Waals surface area contributed by atoms with Crippen molar-refractivity contribution < 1.29 is 14.3 Å². The van der Waals surface area contributed by atoms with E-state index >= 15 is 0 Å². The minimum Gasteiger partial charge on any atom is -0.497 e. The molecule has 4 aromatic rings. The number of pyridine rings is 1. The zero-order valence-electron chi connectivity index (χ0n) is 18.5. The minimum absolute atomic E-state index is 0.337. The smallest absolute Gasteiger partial charge is 0.323 e. The Morgan fingerprint density at radius 2 is 1.97 bits per heavy atom. The molecular formula is C25H25N5O3. The highest BCUT2D eigenvalue weighted by Gasteiger charge is 2.23. The fourth-order valence-electron chi connectivity index (χ4n) is 4.32. The number of anilines is 3. The first-order chi connectivity index (χ1) is 16.2. The van der Waals surface area contributed by atoms with Gasteiger partial charge in [-0.15, -0.1) is 0 Å². The maximum atomic E-state index is 12.8. The normalized spacial score (nSPS) is 12.5. The van der Waals surface area contributed by atoms with Gasteiger partial charge in [0.2, 0.25) is 0 Å². The van der Waals surface area contributed by atoms with Crippen LogP contribution in [0.3, 0.4) is 0 Å². The van der Waals surface area contributed by atoms with E-state index in [9.17, 15) is 4.79 Å². The molecule has 0 aliphatic carbocycles. The van der Waals surface area contributed by atoms with Crippen molar-refractivity contribution in [2.75, 3.05) is 36.3 Å².